The molecule has 128 valence electrons. The summed E-state index contributed by atoms with van der Waals surface area (Å²) in [7, 11) is 2.22. The molecule has 4 heteroatoms. The second-order valence-corrected chi connectivity index (χ2v) is 9.11. The largest absolute Gasteiger partial charge is 0.464 e. The van der Waals surface area contributed by atoms with E-state index in [2.05, 4.69) is 43.2 Å². The van der Waals surface area contributed by atoms with Gasteiger partial charge in [0, 0.05) is 20.9 Å². The van der Waals surface area contributed by atoms with Gasteiger partial charge >= 0.3 is 0 Å². The standard InChI is InChI=1S/C20H24ClNOS/c1-20(15-7-9-22(2)10-8-15)12-16(21)11-17-19(20)24-18-6-4-3-5-14(18)13-23-17/h3-6,11,13,15,18H,7-10,12H2,1-2H3. The van der Waals surface area contributed by atoms with Crippen molar-refractivity contribution in [1.29, 1.82) is 0 Å². The van der Waals surface area contributed by atoms with Crippen LogP contribution in [0, 0.1) is 11.3 Å². The first-order chi connectivity index (χ1) is 11.6. The van der Waals surface area contributed by atoms with Gasteiger partial charge in [-0.15, -0.1) is 11.8 Å². The molecule has 2 heterocycles. The maximum Gasteiger partial charge on any atom is 0.137 e. The number of fused-ring (bicyclic) bond motifs is 1. The zero-order valence-electron chi connectivity index (χ0n) is 14.3. The van der Waals surface area contributed by atoms with Crippen molar-refractivity contribution in [2.75, 3.05) is 20.1 Å². The monoisotopic (exact) mass is 361 g/mol. The molecule has 1 fully saturated rings. The van der Waals surface area contributed by atoms with E-state index >= 15 is 0 Å². The molecule has 0 radical (unpaired) electrons. The van der Waals surface area contributed by atoms with Crippen molar-refractivity contribution >= 4 is 23.4 Å². The maximum absolute atomic E-state index is 6.55. The molecule has 0 aromatic rings. The normalized spacial score (nSPS) is 34.0. The summed E-state index contributed by atoms with van der Waals surface area (Å²) in [6.45, 7) is 4.74. The smallest absolute Gasteiger partial charge is 0.137 e. The lowest BCUT2D eigenvalue weighted by atomic mass is 9.68. The van der Waals surface area contributed by atoms with Gasteiger partial charge in [0.1, 0.15) is 5.76 Å². The minimum atomic E-state index is 0.0748. The molecule has 2 aliphatic carbocycles. The van der Waals surface area contributed by atoms with Crippen molar-refractivity contribution in [1.82, 2.24) is 4.90 Å². The third kappa shape index (κ3) is 2.91. The molecule has 2 unspecified atom stereocenters. The number of halogens is 1. The van der Waals surface area contributed by atoms with Crippen molar-refractivity contribution in [3.05, 3.63) is 57.9 Å². The summed E-state index contributed by atoms with van der Waals surface area (Å²) in [4.78, 5) is 3.82. The fourth-order valence-electron chi connectivity index (χ4n) is 4.24. The number of nitrogens with zero attached hydrogens (tertiary/aromatic N) is 1. The molecule has 4 rings (SSSR count). The van der Waals surface area contributed by atoms with Crippen molar-refractivity contribution in [2.24, 2.45) is 11.3 Å². The number of allylic oxidation sites excluding steroid dienone is 6. The zero-order chi connectivity index (χ0) is 16.7. The number of rotatable bonds is 1. The van der Waals surface area contributed by atoms with E-state index in [1.165, 1.54) is 36.4 Å². The van der Waals surface area contributed by atoms with E-state index in [0.717, 1.165) is 17.2 Å². The second-order valence-electron chi connectivity index (χ2n) is 7.47. The van der Waals surface area contributed by atoms with Crippen LogP contribution in [0.2, 0.25) is 0 Å². The molecule has 0 aromatic heterocycles. The van der Waals surface area contributed by atoms with Gasteiger partial charge < -0.3 is 9.64 Å². The lowest BCUT2D eigenvalue weighted by Gasteiger charge is -2.45. The van der Waals surface area contributed by atoms with Gasteiger partial charge in [-0.05, 0) is 51.4 Å². The van der Waals surface area contributed by atoms with Crippen LogP contribution in [0.4, 0.5) is 0 Å². The molecule has 0 bridgehead atoms. The first-order valence-electron chi connectivity index (χ1n) is 8.74. The van der Waals surface area contributed by atoms with Crippen LogP contribution in [-0.4, -0.2) is 30.3 Å². The van der Waals surface area contributed by atoms with Crippen LogP contribution in [0.3, 0.4) is 0 Å². The van der Waals surface area contributed by atoms with Gasteiger partial charge in [0.15, 0.2) is 0 Å². The Balaban J connectivity index is 1.69. The Morgan fingerprint density at radius 1 is 1.29 bits per heavy atom. The first kappa shape index (κ1) is 16.6. The van der Waals surface area contributed by atoms with E-state index in [9.17, 15) is 0 Å². The van der Waals surface area contributed by atoms with E-state index in [-0.39, 0.29) is 5.41 Å². The molecule has 1 saturated heterocycles. The fraction of sp³-hybridized carbons (Fsp3) is 0.500. The lowest BCUT2D eigenvalue weighted by Crippen LogP contribution is -2.40. The van der Waals surface area contributed by atoms with Crippen molar-refractivity contribution < 1.29 is 4.74 Å². The number of ether oxygens (including phenoxy) is 1. The van der Waals surface area contributed by atoms with Crippen LogP contribution in [0.5, 0.6) is 0 Å². The molecular formula is C20H24ClNOS. The summed E-state index contributed by atoms with van der Waals surface area (Å²) in [6.07, 6.45) is 16.0. The highest BCUT2D eigenvalue weighted by molar-refractivity contribution is 8.04. The number of likely N-dealkylation sites (tertiary alicyclic amines) is 1. The van der Waals surface area contributed by atoms with Gasteiger partial charge in [-0.25, -0.2) is 0 Å². The number of piperidine rings is 1. The molecule has 0 amide bonds. The third-order valence-electron chi connectivity index (χ3n) is 5.77. The van der Waals surface area contributed by atoms with Crippen molar-refractivity contribution in [3.63, 3.8) is 0 Å². The summed E-state index contributed by atoms with van der Waals surface area (Å²) in [5.74, 6) is 1.61. The van der Waals surface area contributed by atoms with Crippen LogP contribution < -0.4 is 0 Å². The number of thioether (sulfide) groups is 1. The highest BCUT2D eigenvalue weighted by Gasteiger charge is 2.44. The van der Waals surface area contributed by atoms with Crippen LogP contribution in [0.1, 0.15) is 26.2 Å². The molecule has 0 saturated carbocycles. The number of hydrogen-bond donors (Lipinski definition) is 0. The molecular weight excluding hydrogens is 338 g/mol. The quantitative estimate of drug-likeness (QED) is 0.635. The molecule has 2 atom stereocenters. The van der Waals surface area contributed by atoms with Gasteiger partial charge in [0.2, 0.25) is 0 Å². The maximum atomic E-state index is 6.55. The molecule has 2 nitrogen and oxygen atoms in total. The molecule has 2 aliphatic heterocycles. The molecule has 0 aromatic carbocycles. The van der Waals surface area contributed by atoms with E-state index in [4.69, 9.17) is 16.3 Å². The van der Waals surface area contributed by atoms with Crippen molar-refractivity contribution in [3.8, 4) is 0 Å². The van der Waals surface area contributed by atoms with Crippen LogP contribution in [0.25, 0.3) is 0 Å². The van der Waals surface area contributed by atoms with E-state index in [1.807, 2.05) is 24.1 Å². The SMILES string of the molecule is CN1CCC(C2(C)CC(Cl)=CC3=C2SC2C=CC=CC2=CO3)CC1. The number of hydrogen-bond acceptors (Lipinski definition) is 3. The Labute approximate surface area is 154 Å². The minimum absolute atomic E-state index is 0.0748. The Morgan fingerprint density at radius 2 is 2.08 bits per heavy atom. The van der Waals surface area contributed by atoms with E-state index in [1.54, 1.807) is 0 Å². The van der Waals surface area contributed by atoms with Gasteiger partial charge in [0.05, 0.1) is 11.5 Å². The summed E-state index contributed by atoms with van der Waals surface area (Å²) in [5.41, 5.74) is 1.30. The molecule has 0 N–H and O–H groups in total. The van der Waals surface area contributed by atoms with Crippen LogP contribution in [0.15, 0.2) is 57.9 Å². The first-order valence-corrected chi connectivity index (χ1v) is 9.99. The summed E-state index contributed by atoms with van der Waals surface area (Å²) in [5, 5.41) is 1.27. The molecule has 0 spiro atoms. The minimum Gasteiger partial charge on any atom is -0.464 e. The summed E-state index contributed by atoms with van der Waals surface area (Å²) in [6, 6.07) is 0. The topological polar surface area (TPSA) is 12.5 Å². The van der Waals surface area contributed by atoms with Crippen LogP contribution >= 0.6 is 23.4 Å². The Hall–Kier alpha value is -0.900. The highest BCUT2D eigenvalue weighted by atomic mass is 35.5. The predicted molar refractivity (Wildman–Crippen MR) is 103 cm³/mol. The van der Waals surface area contributed by atoms with Gasteiger partial charge in [0.25, 0.3) is 0 Å². The van der Waals surface area contributed by atoms with Gasteiger partial charge in [-0.2, -0.15) is 0 Å². The predicted octanol–water partition coefficient (Wildman–Crippen LogP) is 5.21. The van der Waals surface area contributed by atoms with Gasteiger partial charge in [-0.1, -0.05) is 42.8 Å². The average molecular weight is 362 g/mol. The Morgan fingerprint density at radius 3 is 2.88 bits per heavy atom. The van der Waals surface area contributed by atoms with E-state index in [0.29, 0.717) is 11.2 Å². The highest BCUT2D eigenvalue weighted by Crippen LogP contribution is 2.56. The summed E-state index contributed by atoms with van der Waals surface area (Å²) < 4.78 is 6.09. The third-order valence-corrected chi connectivity index (χ3v) is 7.60. The second kappa shape index (κ2) is 6.44. The lowest BCUT2D eigenvalue weighted by molar-refractivity contribution is 0.129. The Kier molecular flexibility index (Phi) is 4.44. The molecule has 24 heavy (non-hydrogen) atoms. The van der Waals surface area contributed by atoms with Crippen molar-refractivity contribution in [2.45, 2.75) is 31.4 Å². The Bertz CT molecular complexity index is 682. The fourth-order valence-corrected chi connectivity index (χ4v) is 6.04. The average Bonchev–Trinajstić information content (AvgIpc) is 2.75. The molecule has 4 aliphatic rings. The van der Waals surface area contributed by atoms with Crippen LogP contribution in [-0.2, 0) is 4.74 Å². The van der Waals surface area contributed by atoms with E-state index < -0.39 is 0 Å². The zero-order valence-corrected chi connectivity index (χ0v) is 15.9. The van der Waals surface area contributed by atoms with Gasteiger partial charge in [-0.3, -0.25) is 0 Å². The summed E-state index contributed by atoms with van der Waals surface area (Å²) >= 11 is 8.51.